The molecule has 2 aromatic heterocycles. The van der Waals surface area contributed by atoms with E-state index in [9.17, 15) is 10.2 Å². The van der Waals surface area contributed by atoms with E-state index in [0.29, 0.717) is 51.8 Å². The fraction of sp³-hybridized carbons (Fsp3) is 0.417. The first-order valence-corrected chi connectivity index (χ1v) is 11.0. The minimum atomic E-state index is -0.638. The number of nitrogens with zero attached hydrogens (tertiary/aromatic N) is 4. The van der Waals surface area contributed by atoms with Gasteiger partial charge in [0.15, 0.2) is 0 Å². The van der Waals surface area contributed by atoms with Crippen molar-refractivity contribution in [2.75, 3.05) is 33.0 Å². The molecule has 0 fully saturated rings. The van der Waals surface area contributed by atoms with Gasteiger partial charge in [-0.15, -0.1) is 0 Å². The smallest absolute Gasteiger partial charge is 0.138 e. The van der Waals surface area contributed by atoms with Crippen molar-refractivity contribution in [3.8, 4) is 0 Å². The van der Waals surface area contributed by atoms with Gasteiger partial charge in [0.25, 0.3) is 0 Å². The van der Waals surface area contributed by atoms with Crippen molar-refractivity contribution >= 4 is 22.1 Å². The van der Waals surface area contributed by atoms with Crippen LogP contribution < -0.4 is 0 Å². The van der Waals surface area contributed by atoms with Gasteiger partial charge in [0.05, 0.1) is 55.1 Å². The zero-order valence-electron chi connectivity index (χ0n) is 18.4. The number of ether oxygens (including phenoxy) is 2. The molecule has 2 N–H and O–H groups in total. The van der Waals surface area contributed by atoms with Crippen LogP contribution in [-0.4, -0.2) is 62.3 Å². The Kier molecular flexibility index (Phi) is 7.49. The van der Waals surface area contributed by atoms with Crippen LogP contribution in [0.5, 0.6) is 0 Å². The molecule has 0 spiro atoms. The lowest BCUT2D eigenvalue weighted by Gasteiger charge is -2.12. The Bertz CT molecular complexity index is 1150. The Morgan fingerprint density at radius 1 is 0.812 bits per heavy atom. The molecule has 8 heteroatoms. The van der Waals surface area contributed by atoms with Crippen LogP contribution in [0.2, 0.25) is 0 Å². The molecule has 0 saturated heterocycles. The molecule has 1 atom stereocenters. The monoisotopic (exact) mass is 438 g/mol. The molecular weight excluding hydrogens is 408 g/mol. The van der Waals surface area contributed by atoms with Gasteiger partial charge in [-0.25, -0.2) is 9.97 Å². The molecule has 170 valence electrons. The summed E-state index contributed by atoms with van der Waals surface area (Å²) in [4.78, 5) is 9.13. The number of benzene rings is 2. The van der Waals surface area contributed by atoms with Gasteiger partial charge < -0.3 is 28.8 Å². The Hall–Kier alpha value is -2.78. The van der Waals surface area contributed by atoms with Gasteiger partial charge in [0.2, 0.25) is 0 Å². The van der Waals surface area contributed by atoms with Crippen LogP contribution >= 0.6 is 0 Å². The van der Waals surface area contributed by atoms with Crippen molar-refractivity contribution in [2.45, 2.75) is 32.5 Å². The van der Waals surface area contributed by atoms with Crippen LogP contribution in [0.3, 0.4) is 0 Å². The molecular formula is C24H30N4O4. The average molecular weight is 439 g/mol. The van der Waals surface area contributed by atoms with Crippen molar-refractivity contribution in [3.63, 3.8) is 0 Å². The molecule has 4 rings (SSSR count). The Balaban J connectivity index is 1.22. The molecule has 2 aromatic carbocycles. The summed E-state index contributed by atoms with van der Waals surface area (Å²) in [5.41, 5.74) is 3.86. The summed E-state index contributed by atoms with van der Waals surface area (Å²) < 4.78 is 15.6. The van der Waals surface area contributed by atoms with Crippen molar-refractivity contribution in [1.29, 1.82) is 0 Å². The maximum atomic E-state index is 10.0. The fourth-order valence-electron chi connectivity index (χ4n) is 3.95. The molecule has 2 heterocycles. The number of hydrogen-bond acceptors (Lipinski definition) is 6. The third-order valence-electron chi connectivity index (χ3n) is 5.42. The molecule has 4 aromatic rings. The topological polar surface area (TPSA) is 94.6 Å². The fourth-order valence-corrected chi connectivity index (χ4v) is 3.95. The van der Waals surface area contributed by atoms with Crippen molar-refractivity contribution < 1.29 is 19.7 Å². The first-order chi connectivity index (χ1) is 15.7. The molecule has 8 nitrogen and oxygen atoms in total. The third kappa shape index (κ3) is 4.99. The molecule has 0 bridgehead atoms. The summed E-state index contributed by atoms with van der Waals surface area (Å²) in [6.45, 7) is 5.13. The molecule has 0 aliphatic rings. The maximum absolute atomic E-state index is 10.0. The lowest BCUT2D eigenvalue weighted by atomic mass is 10.3. The predicted molar refractivity (Wildman–Crippen MR) is 123 cm³/mol. The second kappa shape index (κ2) is 10.7. The summed E-state index contributed by atoms with van der Waals surface area (Å²) in [6.07, 6.45) is -0.115. The molecule has 0 saturated carbocycles. The van der Waals surface area contributed by atoms with E-state index in [0.717, 1.165) is 27.9 Å². The molecule has 0 amide bonds. The van der Waals surface area contributed by atoms with Crippen molar-refractivity contribution in [2.24, 2.45) is 0 Å². The highest BCUT2D eigenvalue weighted by Crippen LogP contribution is 2.20. The van der Waals surface area contributed by atoms with E-state index >= 15 is 0 Å². The number of aromatic nitrogens is 4. The summed E-state index contributed by atoms with van der Waals surface area (Å²) >= 11 is 0. The van der Waals surface area contributed by atoms with Crippen molar-refractivity contribution in [1.82, 2.24) is 19.1 Å². The van der Waals surface area contributed by atoms with Crippen LogP contribution in [0.4, 0.5) is 0 Å². The van der Waals surface area contributed by atoms with E-state index in [1.54, 1.807) is 6.92 Å². The number of aliphatic hydroxyl groups excluding tert-OH is 2. The highest BCUT2D eigenvalue weighted by atomic mass is 16.5. The van der Waals surface area contributed by atoms with Gasteiger partial charge in [0, 0.05) is 19.5 Å². The van der Waals surface area contributed by atoms with Crippen LogP contribution in [0, 0.1) is 0 Å². The normalized spacial score (nSPS) is 12.7. The molecule has 1 unspecified atom stereocenters. The number of fused-ring (bicyclic) bond motifs is 2. The summed E-state index contributed by atoms with van der Waals surface area (Å²) in [5.74, 6) is 1.52. The van der Waals surface area contributed by atoms with Gasteiger partial charge in [-0.3, -0.25) is 0 Å². The summed E-state index contributed by atoms with van der Waals surface area (Å²) in [6, 6.07) is 15.8. The van der Waals surface area contributed by atoms with E-state index in [4.69, 9.17) is 9.47 Å². The van der Waals surface area contributed by atoms with Crippen LogP contribution in [0.15, 0.2) is 48.5 Å². The lowest BCUT2D eigenvalue weighted by Crippen LogP contribution is -2.15. The Labute approximate surface area is 187 Å². The third-order valence-corrected chi connectivity index (χ3v) is 5.42. The van der Waals surface area contributed by atoms with Gasteiger partial charge >= 0.3 is 0 Å². The predicted octanol–water partition coefficient (Wildman–Crippen LogP) is 2.71. The molecule has 0 aliphatic carbocycles. The highest BCUT2D eigenvalue weighted by Gasteiger charge is 2.14. The molecule has 0 radical (unpaired) electrons. The van der Waals surface area contributed by atoms with E-state index in [2.05, 4.69) is 14.5 Å². The second-order valence-electron chi connectivity index (χ2n) is 7.65. The van der Waals surface area contributed by atoms with Gasteiger partial charge in [-0.2, -0.15) is 0 Å². The number of rotatable bonds is 12. The SMILES string of the molecule is CC(O)c1nc2ccccc2n1CCOCCOCCn1c(CCO)nc2ccccc21. The average Bonchev–Trinajstić information content (AvgIpc) is 3.34. The van der Waals surface area contributed by atoms with Gasteiger partial charge in [-0.1, -0.05) is 24.3 Å². The number of para-hydroxylation sites is 4. The lowest BCUT2D eigenvalue weighted by molar-refractivity contribution is 0.0416. The largest absolute Gasteiger partial charge is 0.396 e. The number of imidazole rings is 2. The molecule has 0 aliphatic heterocycles. The van der Waals surface area contributed by atoms with Crippen LogP contribution in [0.25, 0.3) is 22.1 Å². The van der Waals surface area contributed by atoms with Gasteiger partial charge in [0.1, 0.15) is 17.8 Å². The van der Waals surface area contributed by atoms with E-state index in [1.165, 1.54) is 0 Å². The van der Waals surface area contributed by atoms with E-state index in [-0.39, 0.29) is 6.61 Å². The van der Waals surface area contributed by atoms with Crippen LogP contribution in [0.1, 0.15) is 24.7 Å². The Morgan fingerprint density at radius 3 is 2.00 bits per heavy atom. The van der Waals surface area contributed by atoms with E-state index in [1.807, 2.05) is 53.1 Å². The standard InChI is InChI=1S/C24H30N4O4/c1-18(30)24-26-20-7-3-5-9-22(20)28(24)12-15-32-17-16-31-14-11-27-21-8-4-2-6-19(21)25-23(27)10-13-29/h2-9,18,29-30H,10-17H2,1H3. The Morgan fingerprint density at radius 2 is 1.38 bits per heavy atom. The minimum absolute atomic E-state index is 0.0704. The summed E-state index contributed by atoms with van der Waals surface area (Å²) in [5, 5.41) is 19.4. The summed E-state index contributed by atoms with van der Waals surface area (Å²) in [7, 11) is 0. The number of aliphatic hydroxyl groups is 2. The number of hydrogen-bond donors (Lipinski definition) is 2. The first-order valence-electron chi connectivity index (χ1n) is 11.0. The van der Waals surface area contributed by atoms with Crippen LogP contribution in [-0.2, 0) is 29.0 Å². The molecule has 32 heavy (non-hydrogen) atoms. The van der Waals surface area contributed by atoms with E-state index < -0.39 is 6.10 Å². The second-order valence-corrected chi connectivity index (χ2v) is 7.65. The quantitative estimate of drug-likeness (QED) is 0.330. The zero-order chi connectivity index (χ0) is 22.3. The first kappa shape index (κ1) is 22.4. The van der Waals surface area contributed by atoms with Crippen molar-refractivity contribution in [3.05, 3.63) is 60.2 Å². The van der Waals surface area contributed by atoms with Gasteiger partial charge in [-0.05, 0) is 31.2 Å². The maximum Gasteiger partial charge on any atom is 0.138 e. The highest BCUT2D eigenvalue weighted by molar-refractivity contribution is 5.76. The minimum Gasteiger partial charge on any atom is -0.396 e. The zero-order valence-corrected chi connectivity index (χ0v) is 18.4.